The molecule has 0 radical (unpaired) electrons. The molecule has 96 valence electrons. The maximum absolute atomic E-state index is 4.70. The summed E-state index contributed by atoms with van der Waals surface area (Å²) in [5.41, 5.74) is 2.11. The van der Waals surface area contributed by atoms with Crippen molar-refractivity contribution in [1.29, 1.82) is 0 Å². The summed E-state index contributed by atoms with van der Waals surface area (Å²) in [5.74, 6) is 0. The maximum Gasteiger partial charge on any atom is 0.143 e. The lowest BCUT2D eigenvalue weighted by Gasteiger charge is -1.99. The molecule has 0 unspecified atom stereocenters. The molecule has 0 bridgehead atoms. The fourth-order valence-corrected chi connectivity index (χ4v) is 3.39. The van der Waals surface area contributed by atoms with Crippen molar-refractivity contribution in [2.45, 2.75) is 26.8 Å². The number of nitrogens with one attached hydrogen (secondary N) is 1. The number of thiazole rings is 1. The highest BCUT2D eigenvalue weighted by molar-refractivity contribution is 9.10. The summed E-state index contributed by atoms with van der Waals surface area (Å²) in [6.45, 7) is 6.12. The van der Waals surface area contributed by atoms with Crippen LogP contribution in [0.5, 0.6) is 0 Å². The van der Waals surface area contributed by atoms with E-state index in [-0.39, 0.29) is 0 Å². The van der Waals surface area contributed by atoms with Gasteiger partial charge in [-0.25, -0.2) is 4.98 Å². The van der Waals surface area contributed by atoms with Gasteiger partial charge in [-0.1, -0.05) is 13.8 Å². The van der Waals surface area contributed by atoms with Gasteiger partial charge in [0.1, 0.15) is 10.7 Å². The number of aryl methyl sites for hydroxylation is 1. The molecule has 0 aliphatic rings. The van der Waals surface area contributed by atoms with Crippen LogP contribution in [-0.4, -0.2) is 16.5 Å². The average Bonchev–Trinajstić information content (AvgIpc) is 2.80. The number of hydrogen-bond acceptors (Lipinski definition) is 4. The van der Waals surface area contributed by atoms with Gasteiger partial charge in [0.05, 0.1) is 5.69 Å². The molecule has 0 spiro atoms. The first kappa shape index (κ1) is 13.6. The molecule has 0 aliphatic heterocycles. The summed E-state index contributed by atoms with van der Waals surface area (Å²) in [6.07, 6.45) is 2.76. The minimum Gasteiger partial charge on any atom is -0.312 e. The quantitative estimate of drug-likeness (QED) is 0.911. The summed E-state index contributed by atoms with van der Waals surface area (Å²) < 4.78 is 0.997. The van der Waals surface area contributed by atoms with Crippen molar-refractivity contribution in [1.82, 2.24) is 15.3 Å². The van der Waals surface area contributed by atoms with Crippen molar-refractivity contribution in [2.75, 3.05) is 6.54 Å². The van der Waals surface area contributed by atoms with E-state index in [0.29, 0.717) is 0 Å². The van der Waals surface area contributed by atoms with Crippen molar-refractivity contribution in [3.05, 3.63) is 33.4 Å². The SMILES string of the molecule is CCNCc1sc(-c2ncccc2Br)nc1CC. The molecule has 0 fully saturated rings. The summed E-state index contributed by atoms with van der Waals surface area (Å²) in [6, 6.07) is 3.92. The lowest BCUT2D eigenvalue weighted by Crippen LogP contribution is -2.11. The smallest absolute Gasteiger partial charge is 0.143 e. The Kier molecular flexibility index (Phi) is 4.86. The molecule has 0 saturated heterocycles. The molecule has 5 heteroatoms. The third-order valence-electron chi connectivity index (χ3n) is 2.61. The van der Waals surface area contributed by atoms with E-state index in [1.165, 1.54) is 10.6 Å². The van der Waals surface area contributed by atoms with Crippen LogP contribution in [0.4, 0.5) is 0 Å². The van der Waals surface area contributed by atoms with E-state index >= 15 is 0 Å². The number of hydrogen-bond donors (Lipinski definition) is 1. The number of aromatic nitrogens is 2. The van der Waals surface area contributed by atoms with Gasteiger partial charge in [0.25, 0.3) is 0 Å². The van der Waals surface area contributed by atoms with Gasteiger partial charge in [0.15, 0.2) is 0 Å². The van der Waals surface area contributed by atoms with E-state index in [4.69, 9.17) is 4.98 Å². The molecule has 2 aromatic heterocycles. The first-order valence-corrected chi connectivity index (χ1v) is 7.67. The highest BCUT2D eigenvalue weighted by Gasteiger charge is 2.13. The Morgan fingerprint density at radius 3 is 2.89 bits per heavy atom. The second-order valence-electron chi connectivity index (χ2n) is 3.86. The molecule has 0 amide bonds. The van der Waals surface area contributed by atoms with Crippen molar-refractivity contribution in [3.8, 4) is 10.7 Å². The van der Waals surface area contributed by atoms with Crippen LogP contribution < -0.4 is 5.32 Å². The van der Waals surface area contributed by atoms with Gasteiger partial charge in [-0.05, 0) is 41.0 Å². The van der Waals surface area contributed by atoms with E-state index < -0.39 is 0 Å². The molecule has 0 aromatic carbocycles. The van der Waals surface area contributed by atoms with Crippen molar-refractivity contribution < 1.29 is 0 Å². The topological polar surface area (TPSA) is 37.8 Å². The van der Waals surface area contributed by atoms with Gasteiger partial charge in [-0.15, -0.1) is 11.3 Å². The number of rotatable bonds is 5. The highest BCUT2D eigenvalue weighted by Crippen LogP contribution is 2.31. The molecule has 18 heavy (non-hydrogen) atoms. The molecule has 2 rings (SSSR count). The van der Waals surface area contributed by atoms with E-state index in [1.807, 2.05) is 12.1 Å². The first-order valence-electron chi connectivity index (χ1n) is 6.06. The molecular weight excluding hydrogens is 310 g/mol. The minimum absolute atomic E-state index is 0.891. The lowest BCUT2D eigenvalue weighted by molar-refractivity contribution is 0.727. The largest absolute Gasteiger partial charge is 0.312 e. The van der Waals surface area contributed by atoms with E-state index in [0.717, 1.165) is 34.7 Å². The van der Waals surface area contributed by atoms with Gasteiger partial charge >= 0.3 is 0 Å². The molecule has 1 N–H and O–H groups in total. The fraction of sp³-hybridized carbons (Fsp3) is 0.385. The van der Waals surface area contributed by atoms with Gasteiger partial charge < -0.3 is 5.32 Å². The summed E-state index contributed by atoms with van der Waals surface area (Å²) in [7, 11) is 0. The Balaban J connectivity index is 2.35. The Morgan fingerprint density at radius 1 is 1.39 bits per heavy atom. The molecule has 0 atom stereocenters. The third kappa shape index (κ3) is 2.96. The molecular formula is C13H16BrN3S. The third-order valence-corrected chi connectivity index (χ3v) is 4.35. The molecule has 2 heterocycles. The zero-order valence-corrected chi connectivity index (χ0v) is 12.9. The predicted molar refractivity (Wildman–Crippen MR) is 79.8 cm³/mol. The van der Waals surface area contributed by atoms with Gasteiger partial charge in [0, 0.05) is 22.1 Å². The normalized spacial score (nSPS) is 10.8. The highest BCUT2D eigenvalue weighted by atomic mass is 79.9. The van der Waals surface area contributed by atoms with Crippen LogP contribution in [0.25, 0.3) is 10.7 Å². The predicted octanol–water partition coefficient (Wildman–Crippen LogP) is 3.64. The lowest BCUT2D eigenvalue weighted by atomic mass is 10.3. The summed E-state index contributed by atoms with van der Waals surface area (Å²) >= 11 is 5.26. The van der Waals surface area contributed by atoms with Crippen LogP contribution in [0.3, 0.4) is 0 Å². The monoisotopic (exact) mass is 325 g/mol. The summed E-state index contributed by atoms with van der Waals surface area (Å²) in [5, 5.41) is 4.35. The van der Waals surface area contributed by atoms with Crippen molar-refractivity contribution in [3.63, 3.8) is 0 Å². The van der Waals surface area contributed by atoms with Gasteiger partial charge in [-0.3, -0.25) is 4.98 Å². The Morgan fingerprint density at radius 2 is 2.22 bits per heavy atom. The van der Waals surface area contributed by atoms with E-state index in [9.17, 15) is 0 Å². The zero-order chi connectivity index (χ0) is 13.0. The van der Waals surface area contributed by atoms with Crippen LogP contribution in [0.2, 0.25) is 0 Å². The van der Waals surface area contributed by atoms with Gasteiger partial charge in [-0.2, -0.15) is 0 Å². The maximum atomic E-state index is 4.70. The molecule has 0 aliphatic carbocycles. The van der Waals surface area contributed by atoms with Crippen LogP contribution in [0, 0.1) is 0 Å². The van der Waals surface area contributed by atoms with Crippen LogP contribution in [0.1, 0.15) is 24.4 Å². The van der Waals surface area contributed by atoms with Crippen LogP contribution >= 0.6 is 27.3 Å². The van der Waals surface area contributed by atoms with Crippen molar-refractivity contribution in [2.24, 2.45) is 0 Å². The number of nitrogens with zero attached hydrogens (tertiary/aromatic N) is 2. The van der Waals surface area contributed by atoms with Crippen LogP contribution in [0.15, 0.2) is 22.8 Å². The van der Waals surface area contributed by atoms with Crippen molar-refractivity contribution >= 4 is 27.3 Å². The second-order valence-corrected chi connectivity index (χ2v) is 5.79. The second kappa shape index (κ2) is 6.41. The summed E-state index contributed by atoms with van der Waals surface area (Å²) in [4.78, 5) is 10.4. The first-order chi connectivity index (χ1) is 8.76. The Bertz CT molecular complexity index is 525. The average molecular weight is 326 g/mol. The Labute approximate surface area is 120 Å². The molecule has 3 nitrogen and oxygen atoms in total. The fourth-order valence-electron chi connectivity index (χ4n) is 1.68. The Hall–Kier alpha value is -0.780. The zero-order valence-electron chi connectivity index (χ0n) is 10.5. The number of pyridine rings is 1. The standard InChI is InChI=1S/C13H16BrN3S/c1-3-10-11(8-15-4-2)18-13(17-10)12-9(14)6-5-7-16-12/h5-7,15H,3-4,8H2,1-2H3. The van der Waals surface area contributed by atoms with E-state index in [2.05, 4.69) is 40.1 Å². The van der Waals surface area contributed by atoms with Crippen LogP contribution in [-0.2, 0) is 13.0 Å². The van der Waals surface area contributed by atoms with E-state index in [1.54, 1.807) is 17.5 Å². The molecule has 0 saturated carbocycles. The number of halogens is 1. The molecule has 2 aromatic rings. The van der Waals surface area contributed by atoms with Gasteiger partial charge in [0.2, 0.25) is 0 Å². The minimum atomic E-state index is 0.891.